The molecule has 2 aromatic carbocycles. The Bertz CT molecular complexity index is 1250. The van der Waals surface area contributed by atoms with Crippen LogP contribution in [0.25, 0.3) is 21.7 Å². The molecule has 4 aromatic rings. The van der Waals surface area contributed by atoms with Gasteiger partial charge in [-0.05, 0) is 30.2 Å². The second kappa shape index (κ2) is 7.16. The average Bonchev–Trinajstić information content (AvgIpc) is 3.13. The highest BCUT2D eigenvalue weighted by atomic mass is 16.1. The lowest BCUT2D eigenvalue weighted by atomic mass is 10.0. The van der Waals surface area contributed by atoms with Crippen molar-refractivity contribution in [1.82, 2.24) is 20.2 Å². The summed E-state index contributed by atoms with van der Waals surface area (Å²) in [5.41, 5.74) is 6.37. The van der Waals surface area contributed by atoms with E-state index in [0.717, 1.165) is 22.2 Å². The number of nitrogens with zero attached hydrogens (tertiary/aromatic N) is 3. The number of nitrogens with one attached hydrogen (secondary N) is 2. The number of aromatic amines is 1. The van der Waals surface area contributed by atoms with Crippen LogP contribution in [0.3, 0.4) is 0 Å². The van der Waals surface area contributed by atoms with Crippen LogP contribution < -0.4 is 22.7 Å². The van der Waals surface area contributed by atoms with Gasteiger partial charge in [-0.1, -0.05) is 30.3 Å². The minimum atomic E-state index is -0.217. The Hall–Kier alpha value is -3.65. The Morgan fingerprint density at radius 1 is 1.21 bits per heavy atom. The van der Waals surface area contributed by atoms with Crippen molar-refractivity contribution in [2.24, 2.45) is 16.8 Å². The maximum Gasteiger partial charge on any atom is 0.275 e. The molecule has 2 aromatic heterocycles. The van der Waals surface area contributed by atoms with Gasteiger partial charge in [0.05, 0.1) is 11.1 Å². The number of fused-ring (bicyclic) bond motifs is 2. The third-order valence-corrected chi connectivity index (χ3v) is 4.92. The molecular weight excluding hydrogens is 354 g/mol. The number of aryl methyl sites for hydroxylation is 1. The van der Waals surface area contributed by atoms with Gasteiger partial charge in [0.1, 0.15) is 6.54 Å². The average molecular weight is 375 g/mol. The molecule has 142 valence electrons. The van der Waals surface area contributed by atoms with E-state index in [0.29, 0.717) is 11.8 Å². The Labute approximate surface area is 160 Å². The van der Waals surface area contributed by atoms with Crippen LogP contribution in [-0.2, 0) is 13.0 Å². The van der Waals surface area contributed by atoms with Gasteiger partial charge in [0.25, 0.3) is 5.56 Å². The summed E-state index contributed by atoms with van der Waals surface area (Å²) in [4.78, 5) is 16.2. The van der Waals surface area contributed by atoms with Gasteiger partial charge in [0.2, 0.25) is 0 Å². The van der Waals surface area contributed by atoms with E-state index >= 15 is 0 Å². The summed E-state index contributed by atoms with van der Waals surface area (Å²) in [7, 11) is 0. The van der Waals surface area contributed by atoms with Crippen molar-refractivity contribution in [1.29, 1.82) is 0 Å². The van der Waals surface area contributed by atoms with Crippen LogP contribution in [0.15, 0.2) is 58.6 Å². The maximum atomic E-state index is 12.8. The number of rotatable bonds is 4. The van der Waals surface area contributed by atoms with Crippen LogP contribution in [-0.4, -0.2) is 20.6 Å². The van der Waals surface area contributed by atoms with Gasteiger partial charge < -0.3 is 16.3 Å². The number of amidine groups is 1. The second-order valence-corrected chi connectivity index (χ2v) is 6.66. The number of hydrazine groups is 1. The van der Waals surface area contributed by atoms with E-state index in [1.807, 2.05) is 30.5 Å². The summed E-state index contributed by atoms with van der Waals surface area (Å²) >= 11 is 0. The molecule has 0 radical (unpaired) electrons. The number of hydrogen-bond acceptors (Lipinski definition) is 5. The molecule has 8 heteroatoms. The topological polar surface area (TPSA) is 127 Å². The summed E-state index contributed by atoms with van der Waals surface area (Å²) in [6, 6.07) is 13.6. The quantitative estimate of drug-likeness (QED) is 0.186. The molecule has 28 heavy (non-hydrogen) atoms. The molecule has 4 rings (SSSR count). The lowest BCUT2D eigenvalue weighted by molar-refractivity contribution is 0.649. The SMILES string of the molecule is Cc1cccc2[nH]cc(Cc3nn(C/C(=N/N)NN)c(=O)c4ccccc34)c12. The second-order valence-electron chi connectivity index (χ2n) is 6.66. The van der Waals surface area contributed by atoms with Crippen LogP contribution >= 0.6 is 0 Å². The first-order chi connectivity index (χ1) is 13.6. The molecule has 0 saturated carbocycles. The smallest absolute Gasteiger partial charge is 0.275 e. The van der Waals surface area contributed by atoms with Crippen LogP contribution in [0.5, 0.6) is 0 Å². The van der Waals surface area contributed by atoms with E-state index in [1.165, 1.54) is 15.6 Å². The van der Waals surface area contributed by atoms with Crippen molar-refractivity contribution >= 4 is 27.5 Å². The molecule has 0 aliphatic rings. The Balaban J connectivity index is 1.88. The number of hydrogen-bond donors (Lipinski definition) is 4. The third kappa shape index (κ3) is 2.99. The minimum absolute atomic E-state index is 0.0661. The molecule has 0 bridgehead atoms. The van der Waals surface area contributed by atoms with Gasteiger partial charge in [-0.15, -0.1) is 0 Å². The molecule has 0 atom stereocenters. The van der Waals surface area contributed by atoms with Crippen molar-refractivity contribution in [3.63, 3.8) is 0 Å². The summed E-state index contributed by atoms with van der Waals surface area (Å²) in [5.74, 6) is 11.0. The number of hydrazone groups is 1. The predicted molar refractivity (Wildman–Crippen MR) is 111 cm³/mol. The van der Waals surface area contributed by atoms with E-state index < -0.39 is 0 Å². The fourth-order valence-corrected chi connectivity index (χ4v) is 3.58. The predicted octanol–water partition coefficient (Wildman–Crippen LogP) is 1.51. The normalized spacial score (nSPS) is 12.0. The molecule has 0 amide bonds. The zero-order chi connectivity index (χ0) is 19.7. The molecular formula is C20H21N7O. The molecule has 0 fully saturated rings. The van der Waals surface area contributed by atoms with Crippen molar-refractivity contribution in [2.75, 3.05) is 0 Å². The molecule has 0 spiro atoms. The van der Waals surface area contributed by atoms with Crippen LogP contribution in [0, 0.1) is 6.92 Å². The van der Waals surface area contributed by atoms with Gasteiger partial charge in [-0.25, -0.2) is 10.5 Å². The first kappa shape index (κ1) is 17.7. The van der Waals surface area contributed by atoms with Crippen LogP contribution in [0.1, 0.15) is 16.8 Å². The largest absolute Gasteiger partial charge is 0.361 e. The molecule has 0 saturated heterocycles. The van der Waals surface area contributed by atoms with E-state index in [-0.39, 0.29) is 17.9 Å². The van der Waals surface area contributed by atoms with Gasteiger partial charge in [-0.2, -0.15) is 10.2 Å². The third-order valence-electron chi connectivity index (χ3n) is 4.92. The van der Waals surface area contributed by atoms with E-state index in [4.69, 9.17) is 11.7 Å². The summed E-state index contributed by atoms with van der Waals surface area (Å²) in [5, 5.41) is 10.8. The Morgan fingerprint density at radius 3 is 2.75 bits per heavy atom. The van der Waals surface area contributed by atoms with Gasteiger partial charge in [-0.3, -0.25) is 4.79 Å². The summed E-state index contributed by atoms with van der Waals surface area (Å²) in [6.45, 7) is 2.15. The number of benzene rings is 2. The Kier molecular flexibility index (Phi) is 4.54. The van der Waals surface area contributed by atoms with E-state index in [1.54, 1.807) is 6.07 Å². The number of aromatic nitrogens is 3. The zero-order valence-electron chi connectivity index (χ0n) is 15.4. The van der Waals surface area contributed by atoms with E-state index in [9.17, 15) is 4.79 Å². The van der Waals surface area contributed by atoms with Crippen molar-refractivity contribution in [2.45, 2.75) is 19.9 Å². The molecule has 0 aliphatic carbocycles. The van der Waals surface area contributed by atoms with Crippen LogP contribution in [0.4, 0.5) is 0 Å². The number of nitrogens with two attached hydrogens (primary N) is 2. The monoisotopic (exact) mass is 375 g/mol. The summed E-state index contributed by atoms with van der Waals surface area (Å²) in [6.07, 6.45) is 2.58. The maximum absolute atomic E-state index is 12.8. The van der Waals surface area contributed by atoms with Crippen LogP contribution in [0.2, 0.25) is 0 Å². The summed E-state index contributed by atoms with van der Waals surface area (Å²) < 4.78 is 1.34. The highest BCUT2D eigenvalue weighted by molar-refractivity contribution is 5.89. The van der Waals surface area contributed by atoms with Gasteiger partial charge in [0.15, 0.2) is 5.84 Å². The molecule has 2 heterocycles. The van der Waals surface area contributed by atoms with Crippen molar-refractivity contribution in [3.05, 3.63) is 75.8 Å². The van der Waals surface area contributed by atoms with Gasteiger partial charge >= 0.3 is 0 Å². The fraction of sp³-hybridized carbons (Fsp3) is 0.150. The number of H-pyrrole nitrogens is 1. The molecule has 0 aliphatic heterocycles. The highest BCUT2D eigenvalue weighted by Gasteiger charge is 2.14. The van der Waals surface area contributed by atoms with Crippen molar-refractivity contribution < 1.29 is 0 Å². The molecule has 8 nitrogen and oxygen atoms in total. The molecule has 6 N–H and O–H groups in total. The zero-order valence-corrected chi connectivity index (χ0v) is 15.4. The lowest BCUT2D eigenvalue weighted by Crippen LogP contribution is -2.38. The van der Waals surface area contributed by atoms with E-state index in [2.05, 4.69) is 39.7 Å². The first-order valence-electron chi connectivity index (χ1n) is 8.90. The standard InChI is InChI=1S/C20H21N7O/c1-12-5-4-8-16-19(12)13(10-23-16)9-17-14-6-2-3-7-15(14)20(28)27(26-17)11-18(24-21)25-22/h2-8,10,23H,9,11,21-22H2,1H3,(H,24,25). The Morgan fingerprint density at radius 2 is 2.00 bits per heavy atom. The van der Waals surface area contributed by atoms with Gasteiger partial charge in [0, 0.05) is 28.9 Å². The van der Waals surface area contributed by atoms with Crippen molar-refractivity contribution in [3.8, 4) is 0 Å². The highest BCUT2D eigenvalue weighted by Crippen LogP contribution is 2.25. The minimum Gasteiger partial charge on any atom is -0.361 e. The lowest BCUT2D eigenvalue weighted by Gasteiger charge is -2.12. The molecule has 0 unspecified atom stereocenters. The first-order valence-corrected chi connectivity index (χ1v) is 8.90. The fourth-order valence-electron chi connectivity index (χ4n) is 3.58.